The number of halogens is 3. The molecule has 0 aromatic heterocycles. The SMILES string of the molecule is CCO[Si](CCc1ccc(C(Cl)(Cl)Cl)cc1)(OCC)OCC. The molecule has 1 rings (SSSR count). The molecule has 0 spiro atoms. The van der Waals surface area contributed by atoms with Gasteiger partial charge in [0.2, 0.25) is 3.79 Å². The Morgan fingerprint density at radius 3 is 1.68 bits per heavy atom. The molecule has 126 valence electrons. The molecule has 0 fully saturated rings. The molecule has 0 aliphatic heterocycles. The molecule has 3 nitrogen and oxygen atoms in total. The van der Waals surface area contributed by atoms with E-state index in [1.807, 2.05) is 45.0 Å². The molecule has 1 aromatic carbocycles. The van der Waals surface area contributed by atoms with Gasteiger partial charge in [0.15, 0.2) is 0 Å². The summed E-state index contributed by atoms with van der Waals surface area (Å²) in [5.74, 6) is 0. The van der Waals surface area contributed by atoms with Crippen molar-refractivity contribution in [2.75, 3.05) is 19.8 Å². The predicted octanol–water partition coefficient (Wildman–Crippen LogP) is 5.10. The standard InChI is InChI=1S/C15H23Cl3O3Si/c1-4-19-22(20-5-2,21-6-3)12-11-13-7-9-14(10-8-13)15(16,17)18/h7-10H,4-6,11-12H2,1-3H3. The van der Waals surface area contributed by atoms with Crippen LogP contribution in [0.4, 0.5) is 0 Å². The zero-order valence-corrected chi connectivity index (χ0v) is 16.5. The average molecular weight is 386 g/mol. The first-order valence-corrected chi connectivity index (χ1v) is 10.5. The van der Waals surface area contributed by atoms with E-state index in [0.717, 1.165) is 18.0 Å². The van der Waals surface area contributed by atoms with E-state index in [4.69, 9.17) is 48.1 Å². The van der Waals surface area contributed by atoms with Crippen molar-refractivity contribution in [1.29, 1.82) is 0 Å². The summed E-state index contributed by atoms with van der Waals surface area (Å²) < 4.78 is 16.1. The first kappa shape index (κ1) is 20.2. The van der Waals surface area contributed by atoms with E-state index in [9.17, 15) is 0 Å². The van der Waals surface area contributed by atoms with Gasteiger partial charge in [-0.05, 0) is 32.8 Å². The molecule has 0 unspecified atom stereocenters. The summed E-state index contributed by atoms with van der Waals surface area (Å²) in [6.07, 6.45) is 0.798. The first-order chi connectivity index (χ1) is 10.4. The molecule has 0 atom stereocenters. The number of hydrogen-bond acceptors (Lipinski definition) is 3. The molecule has 7 heteroatoms. The maximum atomic E-state index is 5.86. The zero-order chi connectivity index (χ0) is 16.6. The van der Waals surface area contributed by atoms with Crippen LogP contribution < -0.4 is 0 Å². The number of alkyl halides is 3. The molecule has 0 bridgehead atoms. The van der Waals surface area contributed by atoms with Crippen molar-refractivity contribution in [2.45, 2.75) is 37.0 Å². The van der Waals surface area contributed by atoms with Crippen molar-refractivity contribution in [3.05, 3.63) is 35.4 Å². The van der Waals surface area contributed by atoms with E-state index in [-0.39, 0.29) is 0 Å². The molecule has 0 amide bonds. The molecule has 22 heavy (non-hydrogen) atoms. The third kappa shape index (κ3) is 6.36. The fourth-order valence-corrected chi connectivity index (χ4v) is 5.13. The van der Waals surface area contributed by atoms with Crippen LogP contribution in [0.2, 0.25) is 6.04 Å². The summed E-state index contributed by atoms with van der Waals surface area (Å²) in [6.45, 7) is 7.61. The van der Waals surface area contributed by atoms with Gasteiger partial charge in [-0.3, -0.25) is 0 Å². The molecule has 0 saturated heterocycles. The van der Waals surface area contributed by atoms with Gasteiger partial charge in [-0.2, -0.15) is 0 Å². The van der Waals surface area contributed by atoms with Crippen LogP contribution in [0.15, 0.2) is 24.3 Å². The number of rotatable bonds is 9. The van der Waals surface area contributed by atoms with Crippen LogP contribution in [0.3, 0.4) is 0 Å². The van der Waals surface area contributed by atoms with E-state index < -0.39 is 12.6 Å². The normalized spacial score (nSPS) is 12.6. The van der Waals surface area contributed by atoms with E-state index >= 15 is 0 Å². The van der Waals surface area contributed by atoms with Gasteiger partial charge in [-0.1, -0.05) is 59.1 Å². The molecule has 0 saturated carbocycles. The quantitative estimate of drug-likeness (QED) is 0.437. The molecule has 0 N–H and O–H groups in total. The second-order valence-corrected chi connectivity index (χ2v) is 9.69. The van der Waals surface area contributed by atoms with Crippen molar-refractivity contribution < 1.29 is 13.3 Å². The van der Waals surface area contributed by atoms with Crippen LogP contribution in [0.5, 0.6) is 0 Å². The second kappa shape index (κ2) is 9.47. The lowest BCUT2D eigenvalue weighted by Gasteiger charge is -2.28. The maximum absolute atomic E-state index is 5.86. The molecule has 0 aliphatic carbocycles. The highest BCUT2D eigenvalue weighted by Gasteiger charge is 2.39. The van der Waals surface area contributed by atoms with Crippen LogP contribution in [0, 0.1) is 0 Å². The Morgan fingerprint density at radius 2 is 1.32 bits per heavy atom. The third-order valence-corrected chi connectivity index (χ3v) is 6.80. The summed E-state index contributed by atoms with van der Waals surface area (Å²) in [6, 6.07) is 8.30. The summed E-state index contributed by atoms with van der Waals surface area (Å²) >= 11 is 17.6. The van der Waals surface area contributed by atoms with Gasteiger partial charge in [0.25, 0.3) is 0 Å². The largest absolute Gasteiger partial charge is 0.501 e. The van der Waals surface area contributed by atoms with Crippen molar-refractivity contribution in [2.24, 2.45) is 0 Å². The Balaban J connectivity index is 2.75. The zero-order valence-electron chi connectivity index (χ0n) is 13.2. The van der Waals surface area contributed by atoms with Gasteiger partial charge in [0, 0.05) is 31.4 Å². The average Bonchev–Trinajstić information content (AvgIpc) is 2.45. The van der Waals surface area contributed by atoms with Crippen molar-refractivity contribution >= 4 is 43.6 Å². The lowest BCUT2D eigenvalue weighted by atomic mass is 10.1. The number of hydrogen-bond donors (Lipinski definition) is 0. The van der Waals surface area contributed by atoms with Crippen LogP contribution in [0.1, 0.15) is 31.9 Å². The van der Waals surface area contributed by atoms with Crippen molar-refractivity contribution in [1.82, 2.24) is 0 Å². The lowest BCUT2D eigenvalue weighted by molar-refractivity contribution is 0.0714. The minimum atomic E-state index is -2.61. The van der Waals surface area contributed by atoms with E-state index in [2.05, 4.69) is 0 Å². The molecule has 0 aliphatic rings. The first-order valence-electron chi connectivity index (χ1n) is 7.45. The molecule has 0 heterocycles. The summed E-state index contributed by atoms with van der Waals surface area (Å²) in [4.78, 5) is 0. The van der Waals surface area contributed by atoms with E-state index in [1.54, 1.807) is 0 Å². The van der Waals surface area contributed by atoms with Crippen LogP contribution in [0.25, 0.3) is 0 Å². The summed E-state index contributed by atoms with van der Waals surface area (Å²) in [5, 5.41) is 0. The van der Waals surface area contributed by atoms with Gasteiger partial charge in [0.05, 0.1) is 0 Å². The van der Waals surface area contributed by atoms with Gasteiger partial charge in [-0.15, -0.1) is 0 Å². The van der Waals surface area contributed by atoms with E-state index in [0.29, 0.717) is 25.4 Å². The minimum absolute atomic E-state index is 0.582. The molecular weight excluding hydrogens is 363 g/mol. The highest BCUT2D eigenvalue weighted by Crippen LogP contribution is 2.38. The molecular formula is C15H23Cl3O3Si. The topological polar surface area (TPSA) is 27.7 Å². The second-order valence-electron chi connectivity index (χ2n) is 4.68. The highest BCUT2D eigenvalue weighted by molar-refractivity contribution is 6.66. The Kier molecular flexibility index (Phi) is 8.71. The van der Waals surface area contributed by atoms with Crippen molar-refractivity contribution in [3.8, 4) is 0 Å². The Labute approximate surface area is 149 Å². The minimum Gasteiger partial charge on any atom is -0.374 e. The van der Waals surface area contributed by atoms with Gasteiger partial charge < -0.3 is 13.3 Å². The molecule has 1 aromatic rings. The summed E-state index contributed by atoms with van der Waals surface area (Å²) in [5.41, 5.74) is 1.79. The smallest absolute Gasteiger partial charge is 0.374 e. The summed E-state index contributed by atoms with van der Waals surface area (Å²) in [7, 11) is -2.61. The highest BCUT2D eigenvalue weighted by atomic mass is 35.6. The van der Waals surface area contributed by atoms with Gasteiger partial charge >= 0.3 is 8.80 Å². The maximum Gasteiger partial charge on any atom is 0.501 e. The fourth-order valence-electron chi connectivity index (χ4n) is 2.16. The predicted molar refractivity (Wildman–Crippen MR) is 94.8 cm³/mol. The molecule has 0 radical (unpaired) electrons. The third-order valence-electron chi connectivity index (χ3n) is 3.09. The van der Waals surface area contributed by atoms with E-state index in [1.165, 1.54) is 0 Å². The Hall–Kier alpha value is 0.187. The van der Waals surface area contributed by atoms with Crippen LogP contribution in [-0.4, -0.2) is 28.6 Å². The Morgan fingerprint density at radius 1 is 0.864 bits per heavy atom. The Bertz CT molecular complexity index is 418. The van der Waals surface area contributed by atoms with Gasteiger partial charge in [0.1, 0.15) is 0 Å². The van der Waals surface area contributed by atoms with Crippen molar-refractivity contribution in [3.63, 3.8) is 0 Å². The lowest BCUT2D eigenvalue weighted by Crippen LogP contribution is -2.46. The fraction of sp³-hybridized carbons (Fsp3) is 0.600. The van der Waals surface area contributed by atoms with Crippen LogP contribution in [-0.2, 0) is 23.5 Å². The van der Waals surface area contributed by atoms with Gasteiger partial charge in [-0.25, -0.2) is 0 Å². The number of benzene rings is 1. The van der Waals surface area contributed by atoms with Crippen LogP contribution >= 0.6 is 34.8 Å². The monoisotopic (exact) mass is 384 g/mol. The number of aryl methyl sites for hydroxylation is 1.